The number of phenols is 1. The fourth-order valence-electron chi connectivity index (χ4n) is 2.86. The lowest BCUT2D eigenvalue weighted by atomic mass is 10.2. The van der Waals surface area contributed by atoms with Crippen LogP contribution in [0.5, 0.6) is 5.75 Å². The first-order valence-corrected chi connectivity index (χ1v) is 8.31. The van der Waals surface area contributed by atoms with E-state index in [2.05, 4.69) is 40.0 Å². The summed E-state index contributed by atoms with van der Waals surface area (Å²) in [5.41, 5.74) is 3.23. The number of aromatic nitrogens is 2. The minimum absolute atomic E-state index is 0.327. The van der Waals surface area contributed by atoms with E-state index in [-0.39, 0.29) is 0 Å². The van der Waals surface area contributed by atoms with Gasteiger partial charge in [-0.3, -0.25) is 5.32 Å². The molecule has 0 unspecified atom stereocenters. The molecule has 0 radical (unpaired) electrons. The van der Waals surface area contributed by atoms with Crippen LogP contribution in [0.15, 0.2) is 48.5 Å². The summed E-state index contributed by atoms with van der Waals surface area (Å²) < 4.78 is 2.30. The molecule has 0 aliphatic heterocycles. The van der Waals surface area contributed by atoms with Gasteiger partial charge in [-0.1, -0.05) is 50.1 Å². The molecule has 3 rings (SSSR count). The molecule has 0 atom stereocenters. The number of anilines is 1. The van der Waals surface area contributed by atoms with Crippen LogP contribution in [0.2, 0.25) is 0 Å². The number of H-pyrrole nitrogens is 1. The SMILES string of the molecule is CCCCC[n+]1c(NCc2ccccc2O)[nH]c2ccccc21. The van der Waals surface area contributed by atoms with Crippen molar-refractivity contribution in [1.82, 2.24) is 4.98 Å². The zero-order chi connectivity index (χ0) is 16.1. The third-order valence-corrected chi connectivity index (χ3v) is 4.14. The number of hydrogen-bond donors (Lipinski definition) is 3. The van der Waals surface area contributed by atoms with Gasteiger partial charge in [-0.2, -0.15) is 0 Å². The van der Waals surface area contributed by atoms with Gasteiger partial charge in [-0.15, -0.1) is 0 Å². The van der Waals surface area contributed by atoms with E-state index in [0.717, 1.165) is 30.0 Å². The van der Waals surface area contributed by atoms with E-state index in [4.69, 9.17) is 0 Å². The van der Waals surface area contributed by atoms with Crippen molar-refractivity contribution in [2.45, 2.75) is 39.3 Å². The Kier molecular flexibility index (Phi) is 4.81. The third-order valence-electron chi connectivity index (χ3n) is 4.14. The molecule has 0 fully saturated rings. The number of aromatic amines is 1. The number of rotatable bonds is 7. The molecular formula is C19H24N3O+. The van der Waals surface area contributed by atoms with E-state index in [1.165, 1.54) is 18.4 Å². The largest absolute Gasteiger partial charge is 0.508 e. The van der Waals surface area contributed by atoms with Gasteiger partial charge >= 0.3 is 5.95 Å². The number of phenolic OH excluding ortho intramolecular Hbond substituents is 1. The van der Waals surface area contributed by atoms with Gasteiger partial charge < -0.3 is 5.11 Å². The van der Waals surface area contributed by atoms with Crippen LogP contribution in [0, 0.1) is 0 Å². The van der Waals surface area contributed by atoms with E-state index < -0.39 is 0 Å². The van der Waals surface area contributed by atoms with Gasteiger partial charge in [0.1, 0.15) is 16.8 Å². The predicted octanol–water partition coefficient (Wildman–Crippen LogP) is 3.96. The molecule has 3 aromatic rings. The Morgan fingerprint density at radius 2 is 1.83 bits per heavy atom. The minimum atomic E-state index is 0.327. The molecule has 0 spiro atoms. The number of hydrogen-bond acceptors (Lipinski definition) is 2. The summed E-state index contributed by atoms with van der Waals surface area (Å²) in [6, 6.07) is 15.8. The van der Waals surface area contributed by atoms with E-state index in [1.807, 2.05) is 24.3 Å². The standard InChI is InChI=1S/C19H23N3O/c1-2-3-8-13-22-17-11-6-5-10-16(17)21-19(22)20-14-15-9-4-7-12-18(15)23/h4-7,9-12H,2-3,8,13-14H2,1H3,(H2,20,21,23)/p+1. The number of para-hydroxylation sites is 3. The van der Waals surface area contributed by atoms with Crippen molar-refractivity contribution in [3.63, 3.8) is 0 Å². The third kappa shape index (κ3) is 3.47. The van der Waals surface area contributed by atoms with E-state index in [0.29, 0.717) is 12.3 Å². The Morgan fingerprint density at radius 1 is 1.04 bits per heavy atom. The maximum absolute atomic E-state index is 9.91. The summed E-state index contributed by atoms with van der Waals surface area (Å²) in [5, 5.41) is 13.3. The molecule has 4 heteroatoms. The summed E-state index contributed by atoms with van der Waals surface area (Å²) in [7, 11) is 0. The molecule has 120 valence electrons. The molecule has 0 amide bonds. The molecule has 0 aliphatic rings. The highest BCUT2D eigenvalue weighted by molar-refractivity contribution is 5.72. The summed E-state index contributed by atoms with van der Waals surface area (Å²) in [6.45, 7) is 3.80. The van der Waals surface area contributed by atoms with Gasteiger partial charge in [0.25, 0.3) is 0 Å². The molecule has 2 aromatic carbocycles. The summed E-state index contributed by atoms with van der Waals surface area (Å²) >= 11 is 0. The van der Waals surface area contributed by atoms with Crippen LogP contribution < -0.4 is 9.88 Å². The highest BCUT2D eigenvalue weighted by Crippen LogP contribution is 2.18. The number of nitrogens with zero attached hydrogens (tertiary/aromatic N) is 1. The maximum atomic E-state index is 9.91. The van der Waals surface area contributed by atoms with Gasteiger partial charge in [0.2, 0.25) is 0 Å². The normalized spacial score (nSPS) is 11.0. The molecule has 4 nitrogen and oxygen atoms in total. The maximum Gasteiger partial charge on any atom is 0.356 e. The molecule has 3 N–H and O–H groups in total. The molecule has 0 saturated carbocycles. The molecule has 0 saturated heterocycles. The lowest BCUT2D eigenvalue weighted by Crippen LogP contribution is -2.36. The number of nitrogens with one attached hydrogen (secondary N) is 2. The molecular weight excluding hydrogens is 286 g/mol. The van der Waals surface area contributed by atoms with Crippen LogP contribution in [-0.4, -0.2) is 10.1 Å². The van der Waals surface area contributed by atoms with Crippen LogP contribution >= 0.6 is 0 Å². The second kappa shape index (κ2) is 7.18. The first-order valence-electron chi connectivity index (χ1n) is 8.31. The smallest absolute Gasteiger partial charge is 0.356 e. The average Bonchev–Trinajstić information content (AvgIpc) is 2.92. The Balaban J connectivity index is 1.84. The highest BCUT2D eigenvalue weighted by Gasteiger charge is 2.16. The van der Waals surface area contributed by atoms with Crippen LogP contribution in [0.1, 0.15) is 31.7 Å². The van der Waals surface area contributed by atoms with Crippen molar-refractivity contribution in [1.29, 1.82) is 0 Å². The summed E-state index contributed by atoms with van der Waals surface area (Å²) in [4.78, 5) is 3.45. The second-order valence-electron chi connectivity index (χ2n) is 5.83. The lowest BCUT2D eigenvalue weighted by molar-refractivity contribution is -0.657. The van der Waals surface area contributed by atoms with Crippen LogP contribution in [0.4, 0.5) is 5.95 Å². The average molecular weight is 310 g/mol. The van der Waals surface area contributed by atoms with Crippen LogP contribution in [0.3, 0.4) is 0 Å². The van der Waals surface area contributed by atoms with E-state index in [9.17, 15) is 5.11 Å². The zero-order valence-corrected chi connectivity index (χ0v) is 13.5. The molecule has 0 bridgehead atoms. The fourth-order valence-corrected chi connectivity index (χ4v) is 2.86. The Hall–Kier alpha value is -2.49. The zero-order valence-electron chi connectivity index (χ0n) is 13.5. The first-order chi connectivity index (χ1) is 11.3. The monoisotopic (exact) mass is 310 g/mol. The van der Waals surface area contributed by atoms with Crippen LogP contribution in [-0.2, 0) is 13.1 Å². The van der Waals surface area contributed by atoms with Gasteiger partial charge in [0, 0.05) is 5.56 Å². The van der Waals surface area contributed by atoms with Crippen molar-refractivity contribution in [2.24, 2.45) is 0 Å². The van der Waals surface area contributed by atoms with E-state index >= 15 is 0 Å². The minimum Gasteiger partial charge on any atom is -0.508 e. The van der Waals surface area contributed by atoms with E-state index in [1.54, 1.807) is 6.07 Å². The first kappa shape index (κ1) is 15.4. The Bertz CT molecular complexity index is 779. The van der Waals surface area contributed by atoms with Gasteiger partial charge in [-0.25, -0.2) is 9.55 Å². The predicted molar refractivity (Wildman–Crippen MR) is 93.5 cm³/mol. The van der Waals surface area contributed by atoms with Gasteiger partial charge in [-0.05, 0) is 24.6 Å². The molecule has 1 aromatic heterocycles. The van der Waals surface area contributed by atoms with Gasteiger partial charge in [0.05, 0.1) is 13.1 Å². The number of aromatic hydroxyl groups is 1. The van der Waals surface area contributed by atoms with Crippen molar-refractivity contribution >= 4 is 17.0 Å². The molecule has 0 aliphatic carbocycles. The lowest BCUT2D eigenvalue weighted by Gasteiger charge is -2.05. The van der Waals surface area contributed by atoms with Crippen molar-refractivity contribution in [3.05, 3.63) is 54.1 Å². The fraction of sp³-hybridized carbons (Fsp3) is 0.316. The number of aryl methyl sites for hydroxylation is 1. The second-order valence-corrected chi connectivity index (χ2v) is 5.83. The van der Waals surface area contributed by atoms with Gasteiger partial charge in [0.15, 0.2) is 0 Å². The molecule has 1 heterocycles. The van der Waals surface area contributed by atoms with Crippen molar-refractivity contribution in [3.8, 4) is 5.75 Å². The summed E-state index contributed by atoms with van der Waals surface area (Å²) in [5.74, 6) is 1.32. The number of fused-ring (bicyclic) bond motifs is 1. The highest BCUT2D eigenvalue weighted by atomic mass is 16.3. The number of unbranched alkanes of at least 4 members (excludes halogenated alkanes) is 2. The Labute approximate surface area is 136 Å². The Morgan fingerprint density at radius 3 is 2.65 bits per heavy atom. The number of benzene rings is 2. The van der Waals surface area contributed by atoms with Crippen molar-refractivity contribution in [2.75, 3.05) is 5.32 Å². The van der Waals surface area contributed by atoms with Crippen molar-refractivity contribution < 1.29 is 9.67 Å². The topological polar surface area (TPSA) is 51.9 Å². The molecule has 23 heavy (non-hydrogen) atoms. The quantitative estimate of drug-likeness (QED) is 0.457. The number of imidazole rings is 1. The summed E-state index contributed by atoms with van der Waals surface area (Å²) in [6.07, 6.45) is 3.60. The van der Waals surface area contributed by atoms with Crippen LogP contribution in [0.25, 0.3) is 11.0 Å².